The molecule has 0 aliphatic rings. The van der Waals surface area contributed by atoms with E-state index < -0.39 is 6.10 Å². The van der Waals surface area contributed by atoms with E-state index in [4.69, 9.17) is 14.2 Å². The molecule has 0 fully saturated rings. The summed E-state index contributed by atoms with van der Waals surface area (Å²) in [6.07, 6.45) is 52.8. The number of rotatable bonds is 50. The molecule has 0 amide bonds. The zero-order valence-electron chi connectivity index (χ0n) is 41.6. The first-order valence-electron chi connectivity index (χ1n) is 27.4. The first-order chi connectivity index (χ1) is 29.9. The Morgan fingerprint density at radius 3 is 0.803 bits per heavy atom. The molecule has 362 valence electrons. The number of carbonyl (C=O) groups excluding carboxylic acids is 3. The molecule has 0 aliphatic carbocycles. The molecule has 61 heavy (non-hydrogen) atoms. The fourth-order valence-electron chi connectivity index (χ4n) is 8.39. The highest BCUT2D eigenvalue weighted by Gasteiger charge is 2.19. The van der Waals surface area contributed by atoms with Gasteiger partial charge >= 0.3 is 17.9 Å². The lowest BCUT2D eigenvalue weighted by Gasteiger charge is -2.18. The van der Waals surface area contributed by atoms with Gasteiger partial charge in [0.15, 0.2) is 6.10 Å². The lowest BCUT2D eigenvalue weighted by atomic mass is 10.0. The third-order valence-corrected chi connectivity index (χ3v) is 12.5. The van der Waals surface area contributed by atoms with Crippen LogP contribution in [0.25, 0.3) is 0 Å². The quantitative estimate of drug-likeness (QED) is 0.0344. The summed E-state index contributed by atoms with van der Waals surface area (Å²) >= 11 is 0. The summed E-state index contributed by atoms with van der Waals surface area (Å²) < 4.78 is 16.7. The minimum Gasteiger partial charge on any atom is -0.462 e. The number of hydrogen-bond donors (Lipinski definition) is 0. The van der Waals surface area contributed by atoms with Crippen LogP contribution in [0, 0.1) is 5.92 Å². The predicted octanol–water partition coefficient (Wildman–Crippen LogP) is 17.8. The van der Waals surface area contributed by atoms with Crippen molar-refractivity contribution in [2.24, 2.45) is 5.92 Å². The van der Waals surface area contributed by atoms with Crippen molar-refractivity contribution >= 4 is 17.9 Å². The lowest BCUT2D eigenvalue weighted by molar-refractivity contribution is -0.167. The van der Waals surface area contributed by atoms with Crippen LogP contribution in [0.4, 0.5) is 0 Å². The Bertz CT molecular complexity index is 918. The van der Waals surface area contributed by atoms with Gasteiger partial charge in [0.2, 0.25) is 0 Å². The van der Waals surface area contributed by atoms with Crippen LogP contribution in [-0.2, 0) is 28.6 Å². The van der Waals surface area contributed by atoms with E-state index in [1.165, 1.54) is 199 Å². The SMILES string of the molecule is CCCCCCCCCCCCCCCCCCCC(=O)OC[C@@H](COC(=O)CCCCCCC)OC(=O)CCCCCCCCCCCCCCCCCCCCC(C)C. The van der Waals surface area contributed by atoms with E-state index in [-0.39, 0.29) is 31.1 Å². The van der Waals surface area contributed by atoms with Gasteiger partial charge in [-0.15, -0.1) is 0 Å². The number of ether oxygens (including phenoxy) is 3. The van der Waals surface area contributed by atoms with Crippen LogP contribution >= 0.6 is 0 Å². The first-order valence-corrected chi connectivity index (χ1v) is 27.4. The molecule has 6 nitrogen and oxygen atoms in total. The molecule has 0 aromatic carbocycles. The largest absolute Gasteiger partial charge is 0.462 e. The van der Waals surface area contributed by atoms with E-state index in [2.05, 4.69) is 27.7 Å². The maximum absolute atomic E-state index is 12.8. The molecular formula is C55H106O6. The van der Waals surface area contributed by atoms with E-state index >= 15 is 0 Å². The highest BCUT2D eigenvalue weighted by molar-refractivity contribution is 5.71. The number of hydrogen-bond acceptors (Lipinski definition) is 6. The summed E-state index contributed by atoms with van der Waals surface area (Å²) in [5, 5.41) is 0. The molecule has 0 saturated carbocycles. The van der Waals surface area contributed by atoms with E-state index in [0.29, 0.717) is 19.3 Å². The first kappa shape index (κ1) is 59.4. The van der Waals surface area contributed by atoms with Gasteiger partial charge in [0.25, 0.3) is 0 Å². The fraction of sp³-hybridized carbons (Fsp3) is 0.945. The second kappa shape index (κ2) is 49.4. The second-order valence-corrected chi connectivity index (χ2v) is 19.3. The Kier molecular flexibility index (Phi) is 48.1. The summed E-state index contributed by atoms with van der Waals surface area (Å²) in [6, 6.07) is 0. The molecule has 1 atom stereocenters. The maximum atomic E-state index is 12.8. The topological polar surface area (TPSA) is 78.9 Å². The third kappa shape index (κ3) is 49.3. The summed E-state index contributed by atoms with van der Waals surface area (Å²) in [6.45, 7) is 8.98. The molecule has 0 aromatic heterocycles. The lowest BCUT2D eigenvalue weighted by Crippen LogP contribution is -2.30. The normalized spacial score (nSPS) is 12.0. The average molecular weight is 863 g/mol. The van der Waals surface area contributed by atoms with Crippen molar-refractivity contribution in [1.82, 2.24) is 0 Å². The smallest absolute Gasteiger partial charge is 0.306 e. The van der Waals surface area contributed by atoms with Gasteiger partial charge < -0.3 is 14.2 Å². The zero-order valence-corrected chi connectivity index (χ0v) is 41.6. The fourth-order valence-corrected chi connectivity index (χ4v) is 8.39. The molecule has 0 aromatic rings. The highest BCUT2D eigenvalue weighted by Crippen LogP contribution is 2.18. The minimum atomic E-state index is -0.759. The van der Waals surface area contributed by atoms with E-state index in [9.17, 15) is 14.4 Å². The van der Waals surface area contributed by atoms with Gasteiger partial charge in [-0.05, 0) is 25.2 Å². The van der Waals surface area contributed by atoms with Crippen LogP contribution in [-0.4, -0.2) is 37.2 Å². The molecule has 0 N–H and O–H groups in total. The van der Waals surface area contributed by atoms with Crippen molar-refractivity contribution in [2.75, 3.05) is 13.2 Å². The van der Waals surface area contributed by atoms with E-state index in [1.54, 1.807) is 0 Å². The molecular weight excluding hydrogens is 757 g/mol. The summed E-state index contributed by atoms with van der Waals surface area (Å²) in [5.41, 5.74) is 0. The Hall–Kier alpha value is -1.59. The number of esters is 3. The van der Waals surface area contributed by atoms with Crippen molar-refractivity contribution in [3.63, 3.8) is 0 Å². The van der Waals surface area contributed by atoms with Crippen LogP contribution < -0.4 is 0 Å². The van der Waals surface area contributed by atoms with Gasteiger partial charge in [-0.25, -0.2) is 0 Å². The van der Waals surface area contributed by atoms with E-state index in [0.717, 1.165) is 70.1 Å². The molecule has 0 bridgehead atoms. The van der Waals surface area contributed by atoms with Gasteiger partial charge in [0.05, 0.1) is 0 Å². The molecule has 0 aliphatic heterocycles. The number of carbonyl (C=O) groups is 3. The Morgan fingerprint density at radius 1 is 0.311 bits per heavy atom. The Morgan fingerprint density at radius 2 is 0.541 bits per heavy atom. The van der Waals surface area contributed by atoms with Crippen LogP contribution in [0.15, 0.2) is 0 Å². The van der Waals surface area contributed by atoms with Crippen LogP contribution in [0.2, 0.25) is 0 Å². The van der Waals surface area contributed by atoms with Crippen LogP contribution in [0.5, 0.6) is 0 Å². The van der Waals surface area contributed by atoms with E-state index in [1.807, 2.05) is 0 Å². The second-order valence-electron chi connectivity index (χ2n) is 19.3. The van der Waals surface area contributed by atoms with Crippen molar-refractivity contribution < 1.29 is 28.6 Å². The van der Waals surface area contributed by atoms with Crippen molar-refractivity contribution in [3.05, 3.63) is 0 Å². The molecule has 0 heterocycles. The Labute approximate surface area is 380 Å². The summed E-state index contributed by atoms with van der Waals surface area (Å²) in [5.74, 6) is 0.00280. The number of unbranched alkanes of at least 4 members (excludes halogenated alkanes) is 37. The summed E-state index contributed by atoms with van der Waals surface area (Å²) in [7, 11) is 0. The standard InChI is InChI=1S/C55H106O6/c1-5-7-9-11-12-13-14-15-16-19-23-26-29-32-35-39-43-47-54(57)60-50-52(49-59-53(56)46-42-37-10-8-6-2)61-55(58)48-44-40-36-33-30-27-24-21-18-17-20-22-25-28-31-34-38-41-45-51(3)4/h51-52H,5-50H2,1-4H3/t52-/m1/s1. The van der Waals surface area contributed by atoms with Crippen LogP contribution in [0.1, 0.15) is 310 Å². The summed E-state index contributed by atoms with van der Waals surface area (Å²) in [4.78, 5) is 37.7. The molecule has 0 spiro atoms. The van der Waals surface area contributed by atoms with Gasteiger partial charge in [-0.2, -0.15) is 0 Å². The molecule has 0 rings (SSSR count). The van der Waals surface area contributed by atoms with Gasteiger partial charge in [-0.3, -0.25) is 14.4 Å². The van der Waals surface area contributed by atoms with Crippen LogP contribution in [0.3, 0.4) is 0 Å². The minimum absolute atomic E-state index is 0.0634. The molecule has 6 heteroatoms. The molecule has 0 unspecified atom stereocenters. The van der Waals surface area contributed by atoms with Gasteiger partial charge in [0.1, 0.15) is 13.2 Å². The molecule has 0 radical (unpaired) electrons. The zero-order chi connectivity index (χ0) is 44.5. The van der Waals surface area contributed by atoms with Crippen molar-refractivity contribution in [3.8, 4) is 0 Å². The molecule has 0 saturated heterocycles. The third-order valence-electron chi connectivity index (χ3n) is 12.5. The van der Waals surface area contributed by atoms with Gasteiger partial charge in [0, 0.05) is 19.3 Å². The van der Waals surface area contributed by atoms with Crippen molar-refractivity contribution in [1.29, 1.82) is 0 Å². The monoisotopic (exact) mass is 863 g/mol. The van der Waals surface area contributed by atoms with Crippen molar-refractivity contribution in [2.45, 2.75) is 316 Å². The predicted molar refractivity (Wildman–Crippen MR) is 261 cm³/mol. The Balaban J connectivity index is 4.05. The maximum Gasteiger partial charge on any atom is 0.306 e. The highest BCUT2D eigenvalue weighted by atomic mass is 16.6. The van der Waals surface area contributed by atoms with Gasteiger partial charge in [-0.1, -0.05) is 272 Å². The average Bonchev–Trinajstić information content (AvgIpc) is 3.24.